The molecule has 0 saturated carbocycles. The van der Waals surface area contributed by atoms with Gasteiger partial charge in [0.05, 0.1) is 29.8 Å². The Morgan fingerprint density at radius 1 is 0.975 bits per heavy atom. The molecule has 7 nitrogen and oxygen atoms in total. The van der Waals surface area contributed by atoms with Gasteiger partial charge in [0.2, 0.25) is 5.91 Å². The molecule has 1 aliphatic rings. The number of nitrogens with one attached hydrogen (secondary N) is 1. The predicted molar refractivity (Wildman–Crippen MR) is 162 cm³/mol. The summed E-state index contributed by atoms with van der Waals surface area (Å²) in [6.07, 6.45) is 1.30. The number of aromatic nitrogens is 2. The van der Waals surface area contributed by atoms with Gasteiger partial charge in [-0.15, -0.1) is 0 Å². The molecule has 0 bridgehead atoms. The summed E-state index contributed by atoms with van der Waals surface area (Å²) in [6.45, 7) is 7.75. The van der Waals surface area contributed by atoms with E-state index in [-0.39, 0.29) is 11.9 Å². The number of carbonyl (C=O) groups excluding carboxylic acids is 1. The van der Waals surface area contributed by atoms with E-state index >= 15 is 0 Å². The van der Waals surface area contributed by atoms with E-state index in [4.69, 9.17) is 26.3 Å². The lowest BCUT2D eigenvalue weighted by atomic mass is 10.1. The molecule has 0 radical (unpaired) electrons. The van der Waals surface area contributed by atoms with Gasteiger partial charge in [-0.1, -0.05) is 66.2 Å². The average Bonchev–Trinajstić information content (AvgIpc) is 2.99. The quantitative estimate of drug-likeness (QED) is 0.253. The number of hydrogen-bond donors (Lipinski definition) is 1. The summed E-state index contributed by atoms with van der Waals surface area (Å²) < 4.78 is 5.51. The Kier molecular flexibility index (Phi) is 9.60. The molecule has 1 aliphatic heterocycles. The van der Waals surface area contributed by atoms with E-state index in [2.05, 4.69) is 15.1 Å². The van der Waals surface area contributed by atoms with Crippen molar-refractivity contribution in [2.45, 2.75) is 25.8 Å². The first-order valence-corrected chi connectivity index (χ1v) is 14.4. The van der Waals surface area contributed by atoms with Crippen molar-refractivity contribution in [3.8, 4) is 11.4 Å². The second-order valence-electron chi connectivity index (χ2n) is 10.1. The maximum atomic E-state index is 13.1. The molecular formula is C32H36ClN5O2. The van der Waals surface area contributed by atoms with E-state index in [0.717, 1.165) is 73.7 Å². The molecule has 1 N–H and O–H groups in total. The van der Waals surface area contributed by atoms with Crippen molar-refractivity contribution in [3.05, 3.63) is 89.4 Å². The van der Waals surface area contributed by atoms with E-state index in [1.165, 1.54) is 0 Å². The highest BCUT2D eigenvalue weighted by Gasteiger charge is 2.19. The molecule has 0 aliphatic carbocycles. The van der Waals surface area contributed by atoms with Crippen molar-refractivity contribution >= 4 is 34.2 Å². The fourth-order valence-corrected chi connectivity index (χ4v) is 5.29. The van der Waals surface area contributed by atoms with Crippen LogP contribution in [0, 0.1) is 0 Å². The van der Waals surface area contributed by atoms with E-state index in [0.29, 0.717) is 23.8 Å². The number of carbonyl (C=O) groups is 1. The van der Waals surface area contributed by atoms with Crippen LogP contribution in [-0.2, 0) is 9.53 Å². The molecular weight excluding hydrogens is 522 g/mol. The highest BCUT2D eigenvalue weighted by atomic mass is 35.5. The third-order valence-electron chi connectivity index (χ3n) is 7.29. The normalized spacial score (nSPS) is 14.7. The van der Waals surface area contributed by atoms with Gasteiger partial charge in [0.15, 0.2) is 5.82 Å². The van der Waals surface area contributed by atoms with E-state index < -0.39 is 0 Å². The van der Waals surface area contributed by atoms with Gasteiger partial charge in [0.1, 0.15) is 5.82 Å². The Labute approximate surface area is 241 Å². The van der Waals surface area contributed by atoms with Crippen LogP contribution in [0.25, 0.3) is 22.3 Å². The largest absolute Gasteiger partial charge is 0.379 e. The predicted octanol–water partition coefficient (Wildman–Crippen LogP) is 5.75. The fraction of sp³-hybridized carbons (Fsp3) is 0.344. The molecule has 1 amide bonds. The third-order valence-corrected chi connectivity index (χ3v) is 7.62. The van der Waals surface area contributed by atoms with Crippen molar-refractivity contribution in [1.82, 2.24) is 20.2 Å². The monoisotopic (exact) mass is 557 g/mol. The number of benzene rings is 3. The Morgan fingerprint density at radius 3 is 2.50 bits per heavy atom. The maximum absolute atomic E-state index is 13.1. The number of rotatable bonds is 11. The first kappa shape index (κ1) is 28.0. The lowest BCUT2D eigenvalue weighted by Gasteiger charge is -2.29. The summed E-state index contributed by atoms with van der Waals surface area (Å²) in [5.74, 6) is 1.42. The van der Waals surface area contributed by atoms with Crippen molar-refractivity contribution in [1.29, 1.82) is 0 Å². The van der Waals surface area contributed by atoms with Crippen molar-refractivity contribution in [2.24, 2.45) is 0 Å². The third kappa shape index (κ3) is 7.16. The SMILES string of the molecule is CC(NC(=O)CCN(CCCN1CCOCC1)c1nc(-c2ccccc2Cl)nc2ccccc12)c1ccccc1. The van der Waals surface area contributed by atoms with Gasteiger partial charge in [-0.2, -0.15) is 0 Å². The van der Waals surface area contributed by atoms with E-state index in [1.807, 2.05) is 85.8 Å². The number of nitrogens with zero attached hydrogens (tertiary/aromatic N) is 4. The molecule has 1 aromatic heterocycles. The highest BCUT2D eigenvalue weighted by molar-refractivity contribution is 6.33. The minimum Gasteiger partial charge on any atom is -0.379 e. The van der Waals surface area contributed by atoms with Crippen LogP contribution < -0.4 is 10.2 Å². The number of anilines is 1. The van der Waals surface area contributed by atoms with Gasteiger partial charge >= 0.3 is 0 Å². The van der Waals surface area contributed by atoms with Crippen LogP contribution in [0.4, 0.5) is 5.82 Å². The number of hydrogen-bond acceptors (Lipinski definition) is 6. The van der Waals surface area contributed by atoms with Crippen LogP contribution in [-0.4, -0.2) is 66.7 Å². The number of morpholine rings is 1. The summed E-state index contributed by atoms with van der Waals surface area (Å²) in [6, 6.07) is 25.7. The van der Waals surface area contributed by atoms with E-state index in [9.17, 15) is 4.79 Å². The number of ether oxygens (including phenoxy) is 1. The molecule has 1 unspecified atom stereocenters. The molecule has 0 spiro atoms. The maximum Gasteiger partial charge on any atom is 0.222 e. The van der Waals surface area contributed by atoms with Gasteiger partial charge in [0, 0.05) is 50.1 Å². The minimum absolute atomic E-state index is 0.0132. The Bertz CT molecular complexity index is 1410. The Hall–Kier alpha value is -3.52. The number of amides is 1. The van der Waals surface area contributed by atoms with Crippen molar-refractivity contribution in [2.75, 3.05) is 50.8 Å². The van der Waals surface area contributed by atoms with Crippen molar-refractivity contribution < 1.29 is 9.53 Å². The molecule has 5 rings (SSSR count). The van der Waals surface area contributed by atoms with Crippen molar-refractivity contribution in [3.63, 3.8) is 0 Å². The first-order chi connectivity index (χ1) is 19.6. The summed E-state index contributed by atoms with van der Waals surface area (Å²) in [5.41, 5.74) is 2.73. The van der Waals surface area contributed by atoms with Crippen LogP contribution in [0.1, 0.15) is 31.4 Å². The van der Waals surface area contributed by atoms with Gasteiger partial charge in [-0.05, 0) is 43.2 Å². The lowest BCUT2D eigenvalue weighted by molar-refractivity contribution is -0.121. The van der Waals surface area contributed by atoms with Crippen LogP contribution in [0.15, 0.2) is 78.9 Å². The topological polar surface area (TPSA) is 70.6 Å². The molecule has 208 valence electrons. The van der Waals surface area contributed by atoms with Crippen LogP contribution in [0.2, 0.25) is 5.02 Å². The molecule has 1 fully saturated rings. The van der Waals surface area contributed by atoms with Gasteiger partial charge in [0.25, 0.3) is 0 Å². The average molecular weight is 558 g/mol. The van der Waals surface area contributed by atoms with Crippen LogP contribution >= 0.6 is 11.6 Å². The lowest BCUT2D eigenvalue weighted by Crippen LogP contribution is -2.39. The first-order valence-electron chi connectivity index (χ1n) is 14.0. The number of fused-ring (bicyclic) bond motifs is 1. The van der Waals surface area contributed by atoms with Gasteiger partial charge < -0.3 is 15.0 Å². The molecule has 1 saturated heterocycles. The smallest absolute Gasteiger partial charge is 0.222 e. The van der Waals surface area contributed by atoms with Crippen LogP contribution in [0.3, 0.4) is 0 Å². The zero-order valence-electron chi connectivity index (χ0n) is 22.9. The summed E-state index contributed by atoms with van der Waals surface area (Å²) >= 11 is 6.55. The number of halogens is 1. The fourth-order valence-electron chi connectivity index (χ4n) is 5.07. The summed E-state index contributed by atoms with van der Waals surface area (Å²) in [4.78, 5) is 27.6. The van der Waals surface area contributed by atoms with E-state index in [1.54, 1.807) is 0 Å². The molecule has 8 heteroatoms. The molecule has 2 heterocycles. The second kappa shape index (κ2) is 13.7. The van der Waals surface area contributed by atoms with Crippen LogP contribution in [0.5, 0.6) is 0 Å². The molecule has 3 aromatic carbocycles. The van der Waals surface area contributed by atoms with Gasteiger partial charge in [-0.3, -0.25) is 9.69 Å². The standard InChI is InChI=1S/C32H36ClN5O2/c1-24(25-10-3-2-4-11-25)34-30(39)16-19-38(18-9-17-37-20-22-40-23-21-37)32-27-13-6-8-15-29(27)35-31(36-32)26-12-5-7-14-28(26)33/h2-8,10-15,24H,9,16-23H2,1H3,(H,34,39). The zero-order valence-corrected chi connectivity index (χ0v) is 23.7. The zero-order chi connectivity index (χ0) is 27.7. The molecule has 40 heavy (non-hydrogen) atoms. The van der Waals surface area contributed by atoms with Gasteiger partial charge in [-0.25, -0.2) is 9.97 Å². The Morgan fingerprint density at radius 2 is 1.70 bits per heavy atom. The second-order valence-corrected chi connectivity index (χ2v) is 10.5. The Balaban J connectivity index is 1.39. The summed E-state index contributed by atoms with van der Waals surface area (Å²) in [5, 5.41) is 4.72. The molecule has 1 atom stereocenters. The highest BCUT2D eigenvalue weighted by Crippen LogP contribution is 2.31. The minimum atomic E-state index is -0.0600. The summed E-state index contributed by atoms with van der Waals surface area (Å²) in [7, 11) is 0. The molecule has 4 aromatic rings. The number of para-hydroxylation sites is 1.